The topological polar surface area (TPSA) is 0 Å². The normalized spacial score (nSPS) is 13.2. The van der Waals surface area contributed by atoms with Crippen LogP contribution in [0.1, 0.15) is 134 Å². The summed E-state index contributed by atoms with van der Waals surface area (Å²) < 4.78 is 5.52. The Bertz CT molecular complexity index is 1960. The van der Waals surface area contributed by atoms with E-state index in [1.165, 1.54) is 94.2 Å². The van der Waals surface area contributed by atoms with Gasteiger partial charge in [-0.3, -0.25) is 0 Å². The Kier molecular flexibility index (Phi) is 14.2. The molecule has 0 atom stereocenters. The summed E-state index contributed by atoms with van der Waals surface area (Å²) in [5, 5.41) is 0. The molecule has 0 nitrogen and oxygen atoms in total. The van der Waals surface area contributed by atoms with Crippen molar-refractivity contribution < 1.29 is 21.3 Å². The molecule has 2 aliphatic rings. The first-order valence-electron chi connectivity index (χ1n) is 19.4. The zero-order valence-electron chi connectivity index (χ0n) is 33.6. The molecule has 52 heavy (non-hydrogen) atoms. The summed E-state index contributed by atoms with van der Waals surface area (Å²) in [6.07, 6.45) is 17.2. The first kappa shape index (κ1) is 42.4. The van der Waals surface area contributed by atoms with Gasteiger partial charge in [0.25, 0.3) is 0 Å². The number of fused-ring (bicyclic) bond motifs is 3. The minimum absolute atomic E-state index is 0. The molecule has 276 valence electrons. The first-order chi connectivity index (χ1) is 23.8. The zero-order chi connectivity index (χ0) is 35.8. The zero-order valence-corrected chi connectivity index (χ0v) is 37.6. The third-order valence-corrected chi connectivity index (χ3v) is 19.1. The second-order valence-corrected chi connectivity index (χ2v) is 23.6. The molecular weight excluding hydrogens is 751 g/mol. The second-order valence-electron chi connectivity index (χ2n) is 17.2. The maximum atomic E-state index is 2.65. The minimum atomic E-state index is -2.58. The monoisotopic (exact) mass is 810 g/mol. The number of unbranched alkanes of at least 4 members (excludes halogenated alkanes) is 2. The molecule has 0 saturated heterocycles. The van der Waals surface area contributed by atoms with Gasteiger partial charge in [0, 0.05) is 0 Å². The Labute approximate surface area is 336 Å². The van der Waals surface area contributed by atoms with E-state index in [0.717, 1.165) is 12.8 Å². The third-order valence-electron chi connectivity index (χ3n) is 11.0. The van der Waals surface area contributed by atoms with Crippen molar-refractivity contribution in [3.63, 3.8) is 0 Å². The molecule has 6 rings (SSSR count). The smallest absolute Gasteiger partial charge is 0.147 e. The molecule has 0 radical (unpaired) electrons. The molecule has 4 aromatic rings. The van der Waals surface area contributed by atoms with Crippen molar-refractivity contribution in [1.29, 1.82) is 0 Å². The van der Waals surface area contributed by atoms with E-state index in [9.17, 15) is 0 Å². The molecule has 4 aromatic carbocycles. The quantitative estimate of drug-likeness (QED) is 0.132. The summed E-state index contributed by atoms with van der Waals surface area (Å²) in [5.74, 6) is 0. The molecular formula is C49H62Cl2Zr. The number of benzene rings is 4. The van der Waals surface area contributed by atoms with Gasteiger partial charge in [-0.2, -0.15) is 0 Å². The van der Waals surface area contributed by atoms with E-state index < -0.39 is 21.3 Å². The van der Waals surface area contributed by atoms with E-state index in [4.69, 9.17) is 0 Å². The molecule has 0 N–H and O–H groups in total. The molecule has 0 spiro atoms. The number of allylic oxidation sites excluding steroid dienone is 4. The second kappa shape index (κ2) is 17.4. The molecule has 3 heteroatoms. The van der Waals surface area contributed by atoms with Crippen LogP contribution in [-0.4, -0.2) is 3.21 Å². The number of rotatable bonds is 10. The molecule has 2 aliphatic carbocycles. The molecule has 0 bridgehead atoms. The van der Waals surface area contributed by atoms with Crippen LogP contribution in [0.4, 0.5) is 0 Å². The van der Waals surface area contributed by atoms with E-state index >= 15 is 0 Å². The molecule has 0 saturated carbocycles. The van der Waals surface area contributed by atoms with Gasteiger partial charge in [-0.25, -0.2) is 0 Å². The van der Waals surface area contributed by atoms with Gasteiger partial charge in [0.15, 0.2) is 0 Å². The van der Waals surface area contributed by atoms with E-state index in [0.29, 0.717) is 0 Å². The third kappa shape index (κ3) is 8.80. The van der Waals surface area contributed by atoms with E-state index in [2.05, 4.69) is 154 Å². The van der Waals surface area contributed by atoms with Crippen LogP contribution in [0, 0.1) is 13.8 Å². The van der Waals surface area contributed by atoms with Gasteiger partial charge in [-0.05, 0) is 0 Å². The first-order valence-corrected chi connectivity index (χ1v) is 23.1. The molecule has 0 heterocycles. The SMILES string of the molecule is CCCC[C](CCCC)=[Zr]([C]1=CC=CC1)[c]1c2c(cc(C(C)(C)C)c1-c1ccc(C)cc1)-c1cc(C(C)(C)C)c(-c3ccc(C)cc3)cc1C2.Cl.Cl. The summed E-state index contributed by atoms with van der Waals surface area (Å²) in [7, 11) is 0. The Morgan fingerprint density at radius 1 is 0.654 bits per heavy atom. The summed E-state index contributed by atoms with van der Waals surface area (Å²) >= 11 is -2.58. The Hall–Kier alpha value is -2.31. The fourth-order valence-corrected chi connectivity index (χ4v) is 17.1. The van der Waals surface area contributed by atoms with Crippen LogP contribution in [0.2, 0.25) is 0 Å². The van der Waals surface area contributed by atoms with Crippen LogP contribution < -0.4 is 3.27 Å². The average molecular weight is 813 g/mol. The Balaban J connectivity index is 0.00000302. The summed E-state index contributed by atoms with van der Waals surface area (Å²) in [4.78, 5) is 0. The maximum absolute atomic E-state index is 2.65. The predicted octanol–water partition coefficient (Wildman–Crippen LogP) is 14.3. The fraction of sp³-hybridized carbons (Fsp3) is 0.408. The summed E-state index contributed by atoms with van der Waals surface area (Å²) in [5.41, 5.74) is 17.5. The van der Waals surface area contributed by atoms with Gasteiger partial charge in [-0.1, -0.05) is 0 Å². The van der Waals surface area contributed by atoms with Crippen LogP contribution in [-0.2, 0) is 38.5 Å². The predicted molar refractivity (Wildman–Crippen MR) is 232 cm³/mol. The Morgan fingerprint density at radius 2 is 1.19 bits per heavy atom. The molecule has 0 aromatic heterocycles. The van der Waals surface area contributed by atoms with Crippen molar-refractivity contribution >= 4 is 31.3 Å². The Morgan fingerprint density at radius 3 is 1.69 bits per heavy atom. The van der Waals surface area contributed by atoms with Gasteiger partial charge >= 0.3 is 314 Å². The van der Waals surface area contributed by atoms with Crippen molar-refractivity contribution in [1.82, 2.24) is 0 Å². The van der Waals surface area contributed by atoms with E-state index in [-0.39, 0.29) is 35.6 Å². The van der Waals surface area contributed by atoms with E-state index in [1.54, 1.807) is 17.7 Å². The van der Waals surface area contributed by atoms with Crippen molar-refractivity contribution in [2.45, 2.75) is 131 Å². The largest absolute Gasteiger partial charge is 0.147 e. The minimum Gasteiger partial charge on any atom is -0.147 e. The molecule has 0 aliphatic heterocycles. The summed E-state index contributed by atoms with van der Waals surface area (Å²) in [6.45, 7) is 23.7. The fourth-order valence-electron chi connectivity index (χ4n) is 8.21. The molecule has 0 amide bonds. The number of hydrogen-bond acceptors (Lipinski definition) is 0. The van der Waals surface area contributed by atoms with Crippen LogP contribution in [0.25, 0.3) is 33.4 Å². The molecule has 0 unspecified atom stereocenters. The maximum Gasteiger partial charge on any atom is -0.147 e. The van der Waals surface area contributed by atoms with Crippen molar-refractivity contribution in [2.24, 2.45) is 0 Å². The average Bonchev–Trinajstić information content (AvgIpc) is 3.73. The van der Waals surface area contributed by atoms with Gasteiger partial charge in [-0.15, -0.1) is 24.8 Å². The van der Waals surface area contributed by atoms with Crippen LogP contribution in [0.3, 0.4) is 0 Å². The molecule has 0 fully saturated rings. The van der Waals surface area contributed by atoms with Gasteiger partial charge in [0.1, 0.15) is 0 Å². The van der Waals surface area contributed by atoms with Crippen LogP contribution in [0.15, 0.2) is 88.2 Å². The number of hydrogen-bond donors (Lipinski definition) is 0. The summed E-state index contributed by atoms with van der Waals surface area (Å²) in [6, 6.07) is 26.6. The number of aryl methyl sites for hydroxylation is 2. The van der Waals surface area contributed by atoms with Crippen molar-refractivity contribution in [3.05, 3.63) is 122 Å². The van der Waals surface area contributed by atoms with E-state index in [1.807, 2.05) is 3.21 Å². The van der Waals surface area contributed by atoms with Crippen molar-refractivity contribution in [2.75, 3.05) is 0 Å². The van der Waals surface area contributed by atoms with Crippen LogP contribution >= 0.6 is 24.8 Å². The standard InChI is InChI=1S/C35H37.C9H18.C5H5.2ClH.Zr/c1-22-9-13-24(14-10-22)30-18-26-17-27-19-31(25-15-11-23(2)12-16-25)33(35(6,7)8)21-29(27)28(26)20-32(30)34(3,4)5;1-3-5-7-9-8-6-4-2;1-2-4-5-3-1;;;/h9-16,18,20-21H,17H2,1-8H3;3-8H2,1-2H3;1-3H,4H2;2*1H;. The van der Waals surface area contributed by atoms with Crippen molar-refractivity contribution in [3.8, 4) is 33.4 Å². The van der Waals surface area contributed by atoms with Gasteiger partial charge in [0.05, 0.1) is 0 Å². The van der Waals surface area contributed by atoms with Gasteiger partial charge in [0.2, 0.25) is 0 Å². The number of halogens is 2. The van der Waals surface area contributed by atoms with Gasteiger partial charge < -0.3 is 0 Å². The van der Waals surface area contributed by atoms with Crippen LogP contribution in [0.5, 0.6) is 0 Å².